The second kappa shape index (κ2) is 71.1. The van der Waals surface area contributed by atoms with Crippen LogP contribution in [0, 0.1) is 0 Å². The van der Waals surface area contributed by atoms with Gasteiger partial charge in [-0.2, -0.15) is 0 Å². The highest BCUT2D eigenvalue weighted by atomic mass is 31.2. The van der Waals surface area contributed by atoms with Crippen molar-refractivity contribution in [3.8, 4) is 0 Å². The van der Waals surface area contributed by atoms with E-state index in [9.17, 15) is 19.0 Å². The first kappa shape index (κ1) is 83.0. The zero-order valence-corrected chi connectivity index (χ0v) is 57.3. The minimum atomic E-state index is -4.39. The third-order valence-electron chi connectivity index (χ3n) is 16.7. The van der Waals surface area contributed by atoms with Gasteiger partial charge in [0.25, 0.3) is 0 Å². The number of hydrogen-bond acceptors (Lipinski definition) is 8. The van der Waals surface area contributed by atoms with Gasteiger partial charge in [0.05, 0.1) is 13.2 Å². The number of phosphoric acid groups is 1. The molecule has 500 valence electrons. The van der Waals surface area contributed by atoms with Gasteiger partial charge >= 0.3 is 19.8 Å². The van der Waals surface area contributed by atoms with E-state index in [0.717, 1.165) is 51.4 Å². The summed E-state index contributed by atoms with van der Waals surface area (Å²) in [6, 6.07) is 0. The lowest BCUT2D eigenvalue weighted by Crippen LogP contribution is -2.29. The van der Waals surface area contributed by atoms with Crippen LogP contribution in [0.3, 0.4) is 0 Å². The monoisotopic (exact) mass is 1220 g/mol. The first-order chi connectivity index (χ1) is 41.8. The molecule has 0 saturated heterocycles. The quantitative estimate of drug-likeness (QED) is 0.0264. The Hall–Kier alpha value is -2.03. The largest absolute Gasteiger partial charge is 0.472 e. The van der Waals surface area contributed by atoms with Gasteiger partial charge in [0.1, 0.15) is 6.61 Å². The normalized spacial score (nSPS) is 13.1. The molecule has 0 amide bonds. The van der Waals surface area contributed by atoms with Gasteiger partial charge in [-0.15, -0.1) is 0 Å². The van der Waals surface area contributed by atoms with Crippen molar-refractivity contribution in [2.24, 2.45) is 5.73 Å². The van der Waals surface area contributed by atoms with Crippen molar-refractivity contribution in [2.75, 3.05) is 26.4 Å². The van der Waals surface area contributed by atoms with Gasteiger partial charge in [0, 0.05) is 19.4 Å². The van der Waals surface area contributed by atoms with Crippen molar-refractivity contribution in [1.82, 2.24) is 0 Å². The van der Waals surface area contributed by atoms with Gasteiger partial charge in [-0.25, -0.2) is 4.57 Å². The van der Waals surface area contributed by atoms with Crippen molar-refractivity contribution in [3.63, 3.8) is 0 Å². The van der Waals surface area contributed by atoms with E-state index in [0.29, 0.717) is 6.42 Å². The van der Waals surface area contributed by atoms with E-state index in [1.165, 1.54) is 302 Å². The fourth-order valence-electron chi connectivity index (χ4n) is 11.2. The van der Waals surface area contributed by atoms with Crippen LogP contribution in [0.5, 0.6) is 0 Å². The summed E-state index contributed by atoms with van der Waals surface area (Å²) >= 11 is 0. The maximum atomic E-state index is 12.8. The number of nitrogens with two attached hydrogens (primary N) is 1. The van der Waals surface area contributed by atoms with Crippen LogP contribution in [0.1, 0.15) is 386 Å². The van der Waals surface area contributed by atoms with Gasteiger partial charge in [-0.1, -0.05) is 345 Å². The fourth-order valence-corrected chi connectivity index (χ4v) is 11.9. The molecular formula is C75H142NO8P. The van der Waals surface area contributed by atoms with Crippen LogP contribution >= 0.6 is 7.82 Å². The Morgan fingerprint density at radius 3 is 0.918 bits per heavy atom. The number of unbranched alkanes of at least 4 members (excludes halogenated alkanes) is 50. The van der Waals surface area contributed by atoms with Gasteiger partial charge in [-0.05, 0) is 77.0 Å². The fraction of sp³-hybridized carbons (Fsp3) is 0.867. The predicted molar refractivity (Wildman–Crippen MR) is 367 cm³/mol. The van der Waals surface area contributed by atoms with Crippen LogP contribution in [-0.2, 0) is 32.7 Å². The van der Waals surface area contributed by atoms with Crippen molar-refractivity contribution in [1.29, 1.82) is 0 Å². The summed E-state index contributed by atoms with van der Waals surface area (Å²) in [6.07, 6.45) is 90.8. The molecule has 0 aromatic carbocycles. The molecule has 0 aliphatic carbocycles. The Bertz CT molecular complexity index is 1530. The third kappa shape index (κ3) is 70.9. The van der Waals surface area contributed by atoms with Gasteiger partial charge in [0.15, 0.2) is 6.10 Å². The Kier molecular flexibility index (Phi) is 69.4. The zero-order valence-electron chi connectivity index (χ0n) is 56.4. The van der Waals surface area contributed by atoms with Crippen LogP contribution in [0.4, 0.5) is 0 Å². The molecule has 0 radical (unpaired) electrons. The molecule has 2 unspecified atom stereocenters. The lowest BCUT2D eigenvalue weighted by atomic mass is 10.0. The lowest BCUT2D eigenvalue weighted by molar-refractivity contribution is -0.161. The highest BCUT2D eigenvalue weighted by Gasteiger charge is 2.26. The number of hydrogen-bond donors (Lipinski definition) is 2. The van der Waals surface area contributed by atoms with Gasteiger partial charge in [-0.3, -0.25) is 18.6 Å². The maximum Gasteiger partial charge on any atom is 0.472 e. The minimum absolute atomic E-state index is 0.0546. The number of ether oxygens (including phenoxy) is 2. The van der Waals surface area contributed by atoms with Crippen molar-refractivity contribution >= 4 is 19.8 Å². The smallest absolute Gasteiger partial charge is 0.462 e. The molecule has 0 heterocycles. The molecular weight excluding hydrogens is 1070 g/mol. The Labute approximate surface area is 527 Å². The van der Waals surface area contributed by atoms with E-state index in [1.54, 1.807) is 0 Å². The Morgan fingerprint density at radius 2 is 0.612 bits per heavy atom. The van der Waals surface area contributed by atoms with Crippen LogP contribution in [0.2, 0.25) is 0 Å². The molecule has 0 aliphatic heterocycles. The molecule has 3 N–H and O–H groups in total. The summed E-state index contributed by atoms with van der Waals surface area (Å²) in [5.74, 6) is -0.808. The first-order valence-corrected chi connectivity index (χ1v) is 38.6. The van der Waals surface area contributed by atoms with E-state index in [4.69, 9.17) is 24.3 Å². The topological polar surface area (TPSA) is 134 Å². The van der Waals surface area contributed by atoms with Crippen LogP contribution in [-0.4, -0.2) is 49.3 Å². The SMILES string of the molecule is CCCCCCC/C=C\C/C=C\C/C=C\CCCCCCCCCCCCCCCCC(=O)OC(COC(=O)CCCCCCCCCCCCCCCCCCCCCCCCC/C=C\CCCCCCCCCC)COP(=O)(O)OCCN. The summed E-state index contributed by atoms with van der Waals surface area (Å²) in [6.45, 7) is 3.80. The van der Waals surface area contributed by atoms with Crippen molar-refractivity contribution < 1.29 is 37.6 Å². The Balaban J connectivity index is 3.80. The highest BCUT2D eigenvalue weighted by Crippen LogP contribution is 2.43. The summed E-state index contributed by atoms with van der Waals surface area (Å²) in [4.78, 5) is 35.4. The molecule has 0 aromatic rings. The number of carbonyl (C=O) groups excluding carboxylic acids is 2. The molecule has 85 heavy (non-hydrogen) atoms. The van der Waals surface area contributed by atoms with Gasteiger partial charge < -0.3 is 20.1 Å². The number of esters is 2. The van der Waals surface area contributed by atoms with E-state index >= 15 is 0 Å². The van der Waals surface area contributed by atoms with Gasteiger partial charge in [0.2, 0.25) is 0 Å². The average molecular weight is 1220 g/mol. The molecule has 0 fully saturated rings. The summed E-state index contributed by atoms with van der Waals surface area (Å²) < 4.78 is 33.2. The zero-order chi connectivity index (χ0) is 61.6. The maximum absolute atomic E-state index is 12.8. The average Bonchev–Trinajstić information content (AvgIpc) is 3.52. The lowest BCUT2D eigenvalue weighted by Gasteiger charge is -2.19. The minimum Gasteiger partial charge on any atom is -0.462 e. The molecule has 9 nitrogen and oxygen atoms in total. The number of carbonyl (C=O) groups is 2. The van der Waals surface area contributed by atoms with Crippen molar-refractivity contribution in [2.45, 2.75) is 392 Å². The molecule has 0 saturated carbocycles. The number of rotatable bonds is 71. The predicted octanol–water partition coefficient (Wildman–Crippen LogP) is 24.4. The number of phosphoric ester groups is 1. The molecule has 0 aliphatic rings. The van der Waals surface area contributed by atoms with Crippen LogP contribution < -0.4 is 5.73 Å². The first-order valence-electron chi connectivity index (χ1n) is 37.1. The second-order valence-electron chi connectivity index (χ2n) is 25.2. The molecule has 0 rings (SSSR count). The van der Waals surface area contributed by atoms with E-state index in [1.807, 2.05) is 0 Å². The van der Waals surface area contributed by atoms with E-state index < -0.39 is 26.5 Å². The molecule has 10 heteroatoms. The third-order valence-corrected chi connectivity index (χ3v) is 17.7. The summed E-state index contributed by atoms with van der Waals surface area (Å²) in [7, 11) is -4.39. The molecule has 0 spiro atoms. The van der Waals surface area contributed by atoms with Crippen molar-refractivity contribution in [3.05, 3.63) is 48.6 Å². The second-order valence-corrected chi connectivity index (χ2v) is 26.6. The number of allylic oxidation sites excluding steroid dienone is 8. The van der Waals surface area contributed by atoms with Crippen LogP contribution in [0.25, 0.3) is 0 Å². The van der Waals surface area contributed by atoms with Crippen LogP contribution in [0.15, 0.2) is 48.6 Å². The summed E-state index contributed by atoms with van der Waals surface area (Å²) in [5.41, 5.74) is 5.41. The molecule has 2 atom stereocenters. The van der Waals surface area contributed by atoms with E-state index in [-0.39, 0.29) is 38.6 Å². The summed E-state index contributed by atoms with van der Waals surface area (Å²) in [5, 5.41) is 0. The highest BCUT2D eigenvalue weighted by molar-refractivity contribution is 7.47. The molecule has 0 bridgehead atoms. The Morgan fingerprint density at radius 1 is 0.353 bits per heavy atom. The van der Waals surface area contributed by atoms with E-state index in [2.05, 4.69) is 62.5 Å². The molecule has 0 aromatic heterocycles. The standard InChI is InChI=1S/C75H142NO8P/c1-3-5-7-9-11-13-15-17-19-21-23-25-27-29-31-33-34-35-36-37-38-40-41-43-45-47-49-51-53-55-57-59-61-63-65-67-74(77)81-71-73(72-83-85(79,80)82-70-69-76)84-75(78)68-66-64-62-60-58-56-54-52-50-48-46-44-42-39-32-30-28-26-24-22-20-18-16-14-12-10-8-6-4-2/h16,18,21-24,28,30,73H,3-15,17,19-20,25-27,29,31-72,76H2,1-2H3,(H,79,80)/b18-16-,23-21-,24-22-,30-28-.